The van der Waals surface area contributed by atoms with Gasteiger partial charge < -0.3 is 19.5 Å². The normalized spacial score (nSPS) is 19.8. The number of nitrogens with zero attached hydrogens (tertiary/aromatic N) is 3. The first-order valence-electron chi connectivity index (χ1n) is 13.1. The lowest BCUT2D eigenvalue weighted by Gasteiger charge is -2.28. The molecule has 3 heterocycles. The zero-order chi connectivity index (χ0) is 25.4. The van der Waals surface area contributed by atoms with Crippen molar-refractivity contribution in [3.63, 3.8) is 0 Å². The van der Waals surface area contributed by atoms with Gasteiger partial charge in [0, 0.05) is 29.0 Å². The minimum atomic E-state index is -0.0761. The maximum absolute atomic E-state index is 6.23. The van der Waals surface area contributed by atoms with Gasteiger partial charge in [0.05, 0.1) is 23.9 Å². The van der Waals surface area contributed by atoms with Crippen molar-refractivity contribution in [1.29, 1.82) is 0 Å². The lowest BCUT2D eigenvalue weighted by Crippen LogP contribution is -2.29. The Kier molecular flexibility index (Phi) is 6.43. The lowest BCUT2D eigenvalue weighted by atomic mass is 9.96. The van der Waals surface area contributed by atoms with Gasteiger partial charge in [-0.15, -0.1) is 0 Å². The summed E-state index contributed by atoms with van der Waals surface area (Å²) in [5.74, 6) is 0.925. The first-order valence-corrected chi connectivity index (χ1v) is 13.5. The lowest BCUT2D eigenvalue weighted by molar-refractivity contribution is 0.210. The molecule has 1 N–H and O–H groups in total. The third-order valence-corrected chi connectivity index (χ3v) is 7.94. The SMILES string of the molecule is Cc1cc([C@@H]2[C@H](c3ccccn3)NC(=S)N2c2ccc(OC3CCCC3)cc2)c(C)n1-c1ccccc1. The summed E-state index contributed by atoms with van der Waals surface area (Å²) in [6, 6.07) is 27.2. The van der Waals surface area contributed by atoms with Gasteiger partial charge in [-0.2, -0.15) is 0 Å². The summed E-state index contributed by atoms with van der Waals surface area (Å²) in [6.45, 7) is 4.36. The molecule has 1 saturated heterocycles. The predicted octanol–water partition coefficient (Wildman–Crippen LogP) is 6.99. The minimum absolute atomic E-state index is 0.0485. The molecule has 2 fully saturated rings. The van der Waals surface area contributed by atoms with Gasteiger partial charge in [0.15, 0.2) is 5.11 Å². The van der Waals surface area contributed by atoms with Gasteiger partial charge in [-0.1, -0.05) is 24.3 Å². The van der Waals surface area contributed by atoms with Crippen molar-refractivity contribution in [3.8, 4) is 11.4 Å². The van der Waals surface area contributed by atoms with Crippen molar-refractivity contribution < 1.29 is 4.74 Å². The van der Waals surface area contributed by atoms with E-state index in [-0.39, 0.29) is 12.1 Å². The number of aromatic nitrogens is 2. The van der Waals surface area contributed by atoms with Crippen molar-refractivity contribution in [3.05, 3.63) is 108 Å². The molecule has 37 heavy (non-hydrogen) atoms. The number of rotatable bonds is 6. The summed E-state index contributed by atoms with van der Waals surface area (Å²) >= 11 is 5.95. The third kappa shape index (κ3) is 4.51. The van der Waals surface area contributed by atoms with E-state index < -0.39 is 0 Å². The Labute approximate surface area is 224 Å². The van der Waals surface area contributed by atoms with E-state index in [9.17, 15) is 0 Å². The molecule has 2 aliphatic rings. The summed E-state index contributed by atoms with van der Waals surface area (Å²) < 4.78 is 8.55. The van der Waals surface area contributed by atoms with Crippen molar-refractivity contribution >= 4 is 23.0 Å². The quantitative estimate of drug-likeness (QED) is 0.284. The Morgan fingerprint density at radius 3 is 2.32 bits per heavy atom. The van der Waals surface area contributed by atoms with Gasteiger partial charge >= 0.3 is 0 Å². The van der Waals surface area contributed by atoms with Gasteiger partial charge in [-0.25, -0.2) is 0 Å². The molecule has 188 valence electrons. The van der Waals surface area contributed by atoms with Gasteiger partial charge in [0.2, 0.25) is 0 Å². The molecule has 2 atom stereocenters. The van der Waals surface area contributed by atoms with Crippen LogP contribution in [0.4, 0.5) is 5.69 Å². The summed E-state index contributed by atoms with van der Waals surface area (Å²) in [5.41, 5.74) is 6.80. The second kappa shape index (κ2) is 10.0. The van der Waals surface area contributed by atoms with E-state index in [1.165, 1.54) is 29.8 Å². The van der Waals surface area contributed by atoms with Gasteiger partial charge in [0.25, 0.3) is 0 Å². The van der Waals surface area contributed by atoms with Crippen LogP contribution in [0.5, 0.6) is 5.75 Å². The first kappa shape index (κ1) is 23.7. The summed E-state index contributed by atoms with van der Waals surface area (Å²) in [6.07, 6.45) is 7.00. The number of ether oxygens (including phenoxy) is 1. The molecule has 1 aliphatic heterocycles. The Balaban J connectivity index is 1.41. The van der Waals surface area contributed by atoms with Gasteiger partial charge in [0.1, 0.15) is 5.75 Å². The number of hydrogen-bond acceptors (Lipinski definition) is 3. The highest BCUT2D eigenvalue weighted by Crippen LogP contribution is 2.44. The number of pyridine rings is 1. The summed E-state index contributed by atoms with van der Waals surface area (Å²) in [5, 5.41) is 4.29. The highest BCUT2D eigenvalue weighted by atomic mass is 32.1. The van der Waals surface area contributed by atoms with Crippen LogP contribution >= 0.6 is 12.2 Å². The van der Waals surface area contributed by atoms with Crippen LogP contribution in [-0.2, 0) is 0 Å². The Hall–Kier alpha value is -3.64. The second-order valence-electron chi connectivity index (χ2n) is 10.0. The summed E-state index contributed by atoms with van der Waals surface area (Å²) in [4.78, 5) is 6.95. The fraction of sp³-hybridized carbons (Fsp3) is 0.290. The summed E-state index contributed by atoms with van der Waals surface area (Å²) in [7, 11) is 0. The molecule has 6 rings (SSSR count). The van der Waals surface area contributed by atoms with E-state index in [1.807, 2.05) is 18.3 Å². The number of anilines is 1. The number of hydrogen-bond donors (Lipinski definition) is 1. The highest BCUT2D eigenvalue weighted by Gasteiger charge is 2.42. The largest absolute Gasteiger partial charge is 0.490 e. The molecular weight excluding hydrogens is 476 g/mol. The van der Waals surface area contributed by atoms with E-state index in [0.717, 1.165) is 35.7 Å². The minimum Gasteiger partial charge on any atom is -0.490 e. The van der Waals surface area contributed by atoms with E-state index in [0.29, 0.717) is 11.2 Å². The Morgan fingerprint density at radius 2 is 1.62 bits per heavy atom. The van der Waals surface area contributed by atoms with Crippen LogP contribution in [0.25, 0.3) is 5.69 Å². The zero-order valence-electron chi connectivity index (χ0n) is 21.3. The zero-order valence-corrected chi connectivity index (χ0v) is 22.1. The van der Waals surface area contributed by atoms with Gasteiger partial charge in [-0.3, -0.25) is 4.98 Å². The third-order valence-electron chi connectivity index (χ3n) is 7.62. The molecular formula is C31H32N4OS. The van der Waals surface area contributed by atoms with Crippen molar-refractivity contribution in [2.45, 2.75) is 57.7 Å². The average Bonchev–Trinajstić information content (AvgIpc) is 3.63. The molecule has 6 heteroatoms. The monoisotopic (exact) mass is 508 g/mol. The number of benzene rings is 2. The van der Waals surface area contributed by atoms with Crippen LogP contribution in [0.1, 0.15) is 60.4 Å². The standard InChI is InChI=1S/C31H32N4OS/c1-21-20-27(22(2)34(21)23-10-4-3-5-11-23)30-29(28-14-8-9-19-32-28)33-31(37)35(30)24-15-17-26(18-16-24)36-25-12-6-7-13-25/h3-5,8-11,14-20,25,29-30H,6-7,12-13H2,1-2H3,(H,33,37)/t29-,30+/m0/s1. The Bertz CT molecular complexity index is 1380. The maximum Gasteiger partial charge on any atom is 0.174 e. The number of aryl methyl sites for hydroxylation is 1. The molecule has 2 aromatic carbocycles. The highest BCUT2D eigenvalue weighted by molar-refractivity contribution is 7.80. The van der Waals surface area contributed by atoms with Crippen LogP contribution in [0, 0.1) is 13.8 Å². The molecule has 0 radical (unpaired) electrons. The smallest absolute Gasteiger partial charge is 0.174 e. The molecule has 0 spiro atoms. The van der Waals surface area contributed by atoms with Crippen LogP contribution < -0.4 is 15.0 Å². The first-order chi connectivity index (χ1) is 18.1. The molecule has 0 amide bonds. The van der Waals surface area contributed by atoms with Crippen molar-refractivity contribution in [1.82, 2.24) is 14.9 Å². The van der Waals surface area contributed by atoms with Crippen molar-refractivity contribution in [2.24, 2.45) is 0 Å². The van der Waals surface area contributed by atoms with Crippen LogP contribution in [0.3, 0.4) is 0 Å². The molecule has 2 aromatic heterocycles. The maximum atomic E-state index is 6.23. The number of nitrogens with one attached hydrogen (secondary N) is 1. The van der Waals surface area contributed by atoms with E-state index >= 15 is 0 Å². The van der Waals surface area contributed by atoms with E-state index in [1.54, 1.807) is 0 Å². The number of para-hydroxylation sites is 1. The Morgan fingerprint density at radius 1 is 0.892 bits per heavy atom. The topological polar surface area (TPSA) is 42.3 Å². The predicted molar refractivity (Wildman–Crippen MR) is 153 cm³/mol. The van der Waals surface area contributed by atoms with E-state index in [4.69, 9.17) is 21.9 Å². The fourth-order valence-corrected chi connectivity index (χ4v) is 6.24. The van der Waals surface area contributed by atoms with Gasteiger partial charge in [-0.05, 0) is 112 Å². The molecule has 0 bridgehead atoms. The molecule has 4 aromatic rings. The molecule has 1 aliphatic carbocycles. The van der Waals surface area contributed by atoms with E-state index in [2.05, 4.69) is 95.4 Å². The fourth-order valence-electron chi connectivity index (χ4n) is 5.89. The van der Waals surface area contributed by atoms with Crippen LogP contribution in [0.2, 0.25) is 0 Å². The number of thiocarbonyl (C=S) groups is 1. The second-order valence-corrected chi connectivity index (χ2v) is 10.4. The molecule has 0 unspecified atom stereocenters. The van der Waals surface area contributed by atoms with Crippen LogP contribution in [-0.4, -0.2) is 20.8 Å². The molecule has 5 nitrogen and oxygen atoms in total. The van der Waals surface area contributed by atoms with Crippen LogP contribution in [0.15, 0.2) is 85.1 Å². The molecule has 1 saturated carbocycles. The average molecular weight is 509 g/mol. The van der Waals surface area contributed by atoms with Crippen molar-refractivity contribution in [2.75, 3.05) is 4.90 Å².